The number of carbonyl (C=O) groups excluding carboxylic acids is 2. The summed E-state index contributed by atoms with van der Waals surface area (Å²) < 4.78 is 1.61. The Morgan fingerprint density at radius 1 is 1.00 bits per heavy atom. The fourth-order valence-corrected chi connectivity index (χ4v) is 4.31. The van der Waals surface area contributed by atoms with Gasteiger partial charge in [-0.25, -0.2) is 4.68 Å². The van der Waals surface area contributed by atoms with Crippen molar-refractivity contribution in [1.29, 1.82) is 0 Å². The number of nitrogens with one attached hydrogen (secondary N) is 2. The molecule has 2 N–H and O–H groups in total. The van der Waals surface area contributed by atoms with Crippen molar-refractivity contribution in [3.63, 3.8) is 0 Å². The van der Waals surface area contributed by atoms with Crippen LogP contribution in [0.4, 0.5) is 5.82 Å². The first-order valence-corrected chi connectivity index (χ1v) is 10.7. The highest BCUT2D eigenvalue weighted by atomic mass is 32.2. The third kappa shape index (κ3) is 4.68. The smallest absolute Gasteiger partial charge is 0.256 e. The SMILES string of the molecule is O=C(Cn1nc2c(c1NC(=O)c1ccccc1)CSC2)NCCc1ccccc1. The van der Waals surface area contributed by atoms with Crippen molar-refractivity contribution < 1.29 is 9.59 Å². The van der Waals surface area contributed by atoms with E-state index >= 15 is 0 Å². The van der Waals surface area contributed by atoms with Gasteiger partial charge in [-0.05, 0) is 24.1 Å². The van der Waals surface area contributed by atoms with Gasteiger partial charge in [0.15, 0.2) is 0 Å². The number of carbonyl (C=O) groups is 2. The Labute approximate surface area is 173 Å². The first-order valence-electron chi connectivity index (χ1n) is 9.54. The number of aromatic nitrogens is 2. The summed E-state index contributed by atoms with van der Waals surface area (Å²) in [5.41, 5.74) is 3.71. The summed E-state index contributed by atoms with van der Waals surface area (Å²) in [5.74, 6) is 1.89. The van der Waals surface area contributed by atoms with E-state index in [1.807, 2.05) is 48.5 Å². The summed E-state index contributed by atoms with van der Waals surface area (Å²) in [7, 11) is 0. The topological polar surface area (TPSA) is 76.0 Å². The second kappa shape index (κ2) is 8.96. The summed E-state index contributed by atoms with van der Waals surface area (Å²) >= 11 is 1.76. The normalized spacial score (nSPS) is 12.4. The minimum atomic E-state index is -0.198. The lowest BCUT2D eigenvalue weighted by Gasteiger charge is -2.11. The van der Waals surface area contributed by atoms with Crippen molar-refractivity contribution in [2.75, 3.05) is 11.9 Å². The number of benzene rings is 2. The van der Waals surface area contributed by atoms with Crippen LogP contribution in [-0.4, -0.2) is 28.1 Å². The van der Waals surface area contributed by atoms with Crippen LogP contribution in [0.15, 0.2) is 60.7 Å². The number of hydrogen-bond donors (Lipinski definition) is 2. The molecule has 0 saturated carbocycles. The molecule has 3 aromatic rings. The predicted molar refractivity (Wildman–Crippen MR) is 115 cm³/mol. The molecule has 0 bridgehead atoms. The summed E-state index contributed by atoms with van der Waals surface area (Å²) in [5, 5.41) is 10.5. The molecular formula is C22H22N4O2S. The predicted octanol–water partition coefficient (Wildman–Crippen LogP) is 3.24. The van der Waals surface area contributed by atoms with Crippen molar-refractivity contribution in [2.24, 2.45) is 0 Å². The number of hydrogen-bond acceptors (Lipinski definition) is 4. The molecule has 0 spiro atoms. The average molecular weight is 407 g/mol. The summed E-state index contributed by atoms with van der Waals surface area (Å²) in [6.45, 7) is 0.641. The Morgan fingerprint density at radius 3 is 2.48 bits per heavy atom. The molecule has 0 atom stereocenters. The zero-order chi connectivity index (χ0) is 20.1. The maximum absolute atomic E-state index is 12.6. The van der Waals surface area contributed by atoms with Crippen molar-refractivity contribution in [2.45, 2.75) is 24.5 Å². The largest absolute Gasteiger partial charge is 0.354 e. The fourth-order valence-electron chi connectivity index (χ4n) is 3.27. The van der Waals surface area contributed by atoms with Gasteiger partial charge in [0.1, 0.15) is 12.4 Å². The minimum absolute atomic E-state index is 0.0802. The van der Waals surface area contributed by atoms with E-state index in [9.17, 15) is 9.59 Å². The monoisotopic (exact) mass is 406 g/mol. The number of thioether (sulfide) groups is 1. The van der Waals surface area contributed by atoms with E-state index in [4.69, 9.17) is 0 Å². The van der Waals surface area contributed by atoms with Crippen molar-refractivity contribution >= 4 is 29.4 Å². The summed E-state index contributed by atoms with van der Waals surface area (Å²) in [4.78, 5) is 25.1. The summed E-state index contributed by atoms with van der Waals surface area (Å²) in [6.07, 6.45) is 0.774. The Hall–Kier alpha value is -3.06. The zero-order valence-electron chi connectivity index (χ0n) is 15.9. The van der Waals surface area contributed by atoms with Gasteiger partial charge >= 0.3 is 0 Å². The van der Waals surface area contributed by atoms with Crippen LogP contribution in [0, 0.1) is 0 Å². The van der Waals surface area contributed by atoms with E-state index in [-0.39, 0.29) is 18.4 Å². The minimum Gasteiger partial charge on any atom is -0.354 e. The first kappa shape index (κ1) is 19.3. The van der Waals surface area contributed by atoms with Gasteiger partial charge in [-0.3, -0.25) is 9.59 Å². The molecule has 1 aliphatic rings. The lowest BCUT2D eigenvalue weighted by Crippen LogP contribution is -2.30. The maximum Gasteiger partial charge on any atom is 0.256 e. The molecule has 0 aliphatic carbocycles. The van der Waals surface area contributed by atoms with Gasteiger partial charge in [0, 0.05) is 29.2 Å². The molecule has 6 nitrogen and oxygen atoms in total. The molecule has 7 heteroatoms. The Bertz CT molecular complexity index is 1000. The van der Waals surface area contributed by atoms with Crippen molar-refractivity contribution in [3.8, 4) is 0 Å². The average Bonchev–Trinajstić information content (AvgIpc) is 3.32. The molecule has 1 aliphatic heterocycles. The second-order valence-corrected chi connectivity index (χ2v) is 7.82. The number of fused-ring (bicyclic) bond motifs is 1. The van der Waals surface area contributed by atoms with Gasteiger partial charge < -0.3 is 10.6 Å². The highest BCUT2D eigenvalue weighted by molar-refractivity contribution is 7.98. The van der Waals surface area contributed by atoms with Crippen molar-refractivity contribution in [3.05, 3.63) is 83.0 Å². The molecule has 0 fully saturated rings. The van der Waals surface area contributed by atoms with E-state index in [0.29, 0.717) is 17.9 Å². The lowest BCUT2D eigenvalue weighted by atomic mass is 10.1. The van der Waals surface area contributed by atoms with Gasteiger partial charge in [-0.1, -0.05) is 48.5 Å². The van der Waals surface area contributed by atoms with Crippen LogP contribution in [0.3, 0.4) is 0 Å². The molecule has 4 rings (SSSR count). The van der Waals surface area contributed by atoms with Gasteiger partial charge in [0.2, 0.25) is 5.91 Å². The van der Waals surface area contributed by atoms with Crippen LogP contribution >= 0.6 is 11.8 Å². The molecule has 1 aromatic heterocycles. The van der Waals surface area contributed by atoms with E-state index in [1.165, 1.54) is 5.56 Å². The van der Waals surface area contributed by atoms with E-state index < -0.39 is 0 Å². The number of anilines is 1. The standard InChI is InChI=1S/C22H22N4O2S/c27-20(23-12-11-16-7-3-1-4-8-16)13-26-21(18-14-29-15-19(18)25-26)24-22(28)17-9-5-2-6-10-17/h1-10H,11-15H2,(H,23,27)(H,24,28). The van der Waals surface area contributed by atoms with Crippen LogP contribution in [-0.2, 0) is 29.3 Å². The fraction of sp³-hybridized carbons (Fsp3) is 0.227. The van der Waals surface area contributed by atoms with Crippen LogP contribution < -0.4 is 10.6 Å². The van der Waals surface area contributed by atoms with Crippen molar-refractivity contribution in [1.82, 2.24) is 15.1 Å². The molecule has 0 saturated heterocycles. The van der Waals surface area contributed by atoms with Crippen LogP contribution in [0.1, 0.15) is 27.2 Å². The molecule has 148 valence electrons. The van der Waals surface area contributed by atoms with Gasteiger partial charge in [-0.2, -0.15) is 16.9 Å². The molecule has 0 radical (unpaired) electrons. The van der Waals surface area contributed by atoms with E-state index in [1.54, 1.807) is 28.6 Å². The number of nitrogens with zero attached hydrogens (tertiary/aromatic N) is 2. The lowest BCUT2D eigenvalue weighted by molar-refractivity contribution is -0.121. The van der Waals surface area contributed by atoms with Gasteiger partial charge in [-0.15, -0.1) is 0 Å². The highest BCUT2D eigenvalue weighted by Gasteiger charge is 2.25. The quantitative estimate of drug-likeness (QED) is 0.632. The Kier molecular flexibility index (Phi) is 5.95. The van der Waals surface area contributed by atoms with Crippen LogP contribution in [0.5, 0.6) is 0 Å². The molecule has 2 aromatic carbocycles. The number of rotatable bonds is 7. The maximum atomic E-state index is 12.6. The molecule has 0 unspecified atom stereocenters. The summed E-state index contributed by atoms with van der Waals surface area (Å²) in [6, 6.07) is 19.1. The second-order valence-electron chi connectivity index (χ2n) is 6.83. The van der Waals surface area contributed by atoms with Gasteiger partial charge in [0.05, 0.1) is 5.69 Å². The third-order valence-corrected chi connectivity index (χ3v) is 5.73. The van der Waals surface area contributed by atoms with Crippen LogP contribution in [0.2, 0.25) is 0 Å². The zero-order valence-corrected chi connectivity index (χ0v) is 16.7. The Morgan fingerprint density at radius 2 is 1.72 bits per heavy atom. The van der Waals surface area contributed by atoms with E-state index in [0.717, 1.165) is 29.2 Å². The molecule has 2 amide bonds. The molecular weight excluding hydrogens is 384 g/mol. The third-order valence-electron chi connectivity index (χ3n) is 4.76. The van der Waals surface area contributed by atoms with Gasteiger partial charge in [0.25, 0.3) is 5.91 Å². The van der Waals surface area contributed by atoms with E-state index in [2.05, 4.69) is 15.7 Å². The molecule has 2 heterocycles. The number of amides is 2. The first-order chi connectivity index (χ1) is 14.2. The highest BCUT2D eigenvalue weighted by Crippen LogP contribution is 2.34. The Balaban J connectivity index is 1.42. The molecule has 29 heavy (non-hydrogen) atoms. The van der Waals surface area contributed by atoms with Crippen LogP contribution in [0.25, 0.3) is 0 Å².